The molecule has 0 saturated heterocycles. The predicted molar refractivity (Wildman–Crippen MR) is 83.9 cm³/mol. The van der Waals surface area contributed by atoms with Crippen molar-refractivity contribution in [3.8, 4) is 0 Å². The van der Waals surface area contributed by atoms with Crippen LogP contribution in [-0.2, 0) is 12.8 Å². The zero-order chi connectivity index (χ0) is 14.5. The van der Waals surface area contributed by atoms with E-state index in [2.05, 4.69) is 24.1 Å². The number of pyridine rings is 1. The molecule has 20 heavy (non-hydrogen) atoms. The van der Waals surface area contributed by atoms with Crippen molar-refractivity contribution < 1.29 is 9.90 Å². The fraction of sp³-hybridized carbons (Fsp3) is 0.600. The number of thioether (sulfide) groups is 1. The highest BCUT2D eigenvalue weighted by Crippen LogP contribution is 2.26. The Morgan fingerprint density at radius 3 is 3.05 bits per heavy atom. The molecule has 0 aromatic carbocycles. The lowest BCUT2D eigenvalue weighted by molar-refractivity contribution is 0.0697. The summed E-state index contributed by atoms with van der Waals surface area (Å²) in [7, 11) is 0. The molecule has 110 valence electrons. The van der Waals surface area contributed by atoms with Gasteiger partial charge in [0.2, 0.25) is 0 Å². The first-order valence-electron chi connectivity index (χ1n) is 7.22. The van der Waals surface area contributed by atoms with Gasteiger partial charge in [-0.15, -0.1) is 0 Å². The van der Waals surface area contributed by atoms with Crippen LogP contribution in [0.3, 0.4) is 0 Å². The Kier molecular flexibility index (Phi) is 5.29. The second-order valence-electron chi connectivity index (χ2n) is 5.18. The number of rotatable bonds is 7. The molecular weight excluding hydrogens is 272 g/mol. The highest BCUT2D eigenvalue weighted by atomic mass is 32.2. The maximum absolute atomic E-state index is 11.4. The third-order valence-corrected chi connectivity index (χ3v) is 4.50. The first kappa shape index (κ1) is 15.2. The van der Waals surface area contributed by atoms with Crippen LogP contribution in [0.4, 0.5) is 5.82 Å². The summed E-state index contributed by atoms with van der Waals surface area (Å²) >= 11 is 1.90. The third-order valence-electron chi connectivity index (χ3n) is 3.56. The maximum atomic E-state index is 11.4. The maximum Gasteiger partial charge on any atom is 0.339 e. The molecule has 1 aliphatic carbocycles. The van der Waals surface area contributed by atoms with Crippen LogP contribution in [0.2, 0.25) is 0 Å². The van der Waals surface area contributed by atoms with Crippen molar-refractivity contribution in [2.24, 2.45) is 0 Å². The molecule has 1 aliphatic rings. The van der Waals surface area contributed by atoms with Gasteiger partial charge in [0.1, 0.15) is 11.4 Å². The van der Waals surface area contributed by atoms with Gasteiger partial charge in [0.25, 0.3) is 0 Å². The number of nitrogens with zero attached hydrogens (tertiary/aromatic N) is 1. The summed E-state index contributed by atoms with van der Waals surface area (Å²) in [4.78, 5) is 15.9. The van der Waals surface area contributed by atoms with Gasteiger partial charge in [-0.2, -0.15) is 11.8 Å². The molecule has 0 amide bonds. The van der Waals surface area contributed by atoms with Gasteiger partial charge in [-0.25, -0.2) is 9.78 Å². The number of carbonyl (C=O) groups is 1. The number of carboxylic acids is 1. The van der Waals surface area contributed by atoms with Crippen molar-refractivity contribution in [2.75, 3.05) is 16.8 Å². The van der Waals surface area contributed by atoms with Crippen LogP contribution in [0.5, 0.6) is 0 Å². The zero-order valence-corrected chi connectivity index (χ0v) is 12.9. The number of hydrogen-bond donors (Lipinski definition) is 2. The van der Waals surface area contributed by atoms with E-state index in [1.165, 1.54) is 0 Å². The van der Waals surface area contributed by atoms with Crippen LogP contribution < -0.4 is 5.32 Å². The van der Waals surface area contributed by atoms with Crippen LogP contribution in [0, 0.1) is 0 Å². The summed E-state index contributed by atoms with van der Waals surface area (Å²) in [6, 6.07) is 2.03. The number of fused-ring (bicyclic) bond motifs is 1. The Morgan fingerprint density at radius 1 is 1.55 bits per heavy atom. The van der Waals surface area contributed by atoms with Crippen molar-refractivity contribution in [3.63, 3.8) is 0 Å². The molecule has 4 nitrogen and oxygen atoms in total. The molecular formula is C15H22N2O2S. The molecule has 1 unspecified atom stereocenters. The number of aromatic nitrogens is 1. The highest BCUT2D eigenvalue weighted by Gasteiger charge is 2.20. The van der Waals surface area contributed by atoms with E-state index in [4.69, 9.17) is 0 Å². The fourth-order valence-electron chi connectivity index (χ4n) is 2.46. The lowest BCUT2D eigenvalue weighted by Gasteiger charge is -2.17. The normalized spacial score (nSPS) is 14.9. The van der Waals surface area contributed by atoms with Gasteiger partial charge >= 0.3 is 5.97 Å². The summed E-state index contributed by atoms with van der Waals surface area (Å²) in [5.74, 6) is 1.83. The van der Waals surface area contributed by atoms with Gasteiger partial charge in [-0.3, -0.25) is 0 Å². The molecule has 2 N–H and O–H groups in total. The lowest BCUT2D eigenvalue weighted by Crippen LogP contribution is -2.20. The molecule has 0 spiro atoms. The minimum Gasteiger partial charge on any atom is -0.478 e. The van der Waals surface area contributed by atoms with Crippen LogP contribution >= 0.6 is 11.8 Å². The smallest absolute Gasteiger partial charge is 0.339 e. The van der Waals surface area contributed by atoms with Crippen LogP contribution in [0.1, 0.15) is 48.3 Å². The predicted octanol–water partition coefficient (Wildman–Crippen LogP) is 3.21. The highest BCUT2D eigenvalue weighted by molar-refractivity contribution is 7.99. The second-order valence-corrected chi connectivity index (χ2v) is 6.57. The molecule has 0 aliphatic heterocycles. The average molecular weight is 294 g/mol. The van der Waals surface area contributed by atoms with Gasteiger partial charge < -0.3 is 10.4 Å². The monoisotopic (exact) mass is 294 g/mol. The molecule has 1 atom stereocenters. The second kappa shape index (κ2) is 6.97. The quantitative estimate of drug-likeness (QED) is 0.756. The number of hydrogen-bond acceptors (Lipinski definition) is 4. The average Bonchev–Trinajstić information content (AvgIpc) is 2.85. The molecule has 0 radical (unpaired) electrons. The molecule has 0 fully saturated rings. The summed E-state index contributed by atoms with van der Waals surface area (Å²) in [6.07, 6.45) is 4.00. The van der Waals surface area contributed by atoms with Gasteiger partial charge in [-0.05, 0) is 55.7 Å². The number of carboxylic acid groups (broad SMARTS) is 1. The van der Waals surface area contributed by atoms with Crippen LogP contribution in [-0.4, -0.2) is 33.6 Å². The van der Waals surface area contributed by atoms with E-state index in [1.54, 1.807) is 6.07 Å². The van der Waals surface area contributed by atoms with E-state index in [1.807, 2.05) is 11.8 Å². The molecule has 1 aromatic rings. The van der Waals surface area contributed by atoms with E-state index >= 15 is 0 Å². The van der Waals surface area contributed by atoms with Crippen LogP contribution in [0.25, 0.3) is 0 Å². The van der Waals surface area contributed by atoms with Gasteiger partial charge in [-0.1, -0.05) is 6.92 Å². The fourth-order valence-corrected chi connectivity index (χ4v) is 3.26. The Morgan fingerprint density at radius 2 is 2.35 bits per heavy atom. The summed E-state index contributed by atoms with van der Waals surface area (Å²) in [6.45, 7) is 4.23. The molecule has 0 bridgehead atoms. The summed E-state index contributed by atoms with van der Waals surface area (Å²) in [5.41, 5.74) is 2.47. The van der Waals surface area contributed by atoms with Crippen molar-refractivity contribution >= 4 is 23.5 Å². The van der Waals surface area contributed by atoms with E-state index in [-0.39, 0.29) is 6.04 Å². The van der Waals surface area contributed by atoms with Crippen molar-refractivity contribution in [2.45, 2.75) is 45.6 Å². The van der Waals surface area contributed by atoms with E-state index < -0.39 is 5.97 Å². The van der Waals surface area contributed by atoms with Crippen molar-refractivity contribution in [1.82, 2.24) is 4.98 Å². The Hall–Kier alpha value is -1.23. The van der Waals surface area contributed by atoms with Gasteiger partial charge in [0, 0.05) is 11.7 Å². The topological polar surface area (TPSA) is 62.2 Å². The van der Waals surface area contributed by atoms with Crippen molar-refractivity contribution in [3.05, 3.63) is 22.9 Å². The molecule has 5 heteroatoms. The molecule has 2 rings (SSSR count). The first-order chi connectivity index (χ1) is 9.61. The minimum absolute atomic E-state index is 0.235. The largest absolute Gasteiger partial charge is 0.478 e. The molecule has 0 saturated carbocycles. The summed E-state index contributed by atoms with van der Waals surface area (Å²) < 4.78 is 0. The van der Waals surface area contributed by atoms with E-state index in [0.29, 0.717) is 11.4 Å². The Bertz CT molecular complexity index is 491. The van der Waals surface area contributed by atoms with E-state index in [0.717, 1.165) is 48.4 Å². The number of aryl methyl sites for hydroxylation is 2. The standard InChI is InChI=1S/C15H22N2O2S/c1-3-20-8-7-10(2)16-14-12(15(18)19)9-11-5-4-6-13(11)17-14/h9-10H,3-8H2,1-2H3,(H,16,17)(H,18,19). The van der Waals surface area contributed by atoms with Crippen LogP contribution in [0.15, 0.2) is 6.07 Å². The Labute approximate surface area is 124 Å². The third kappa shape index (κ3) is 3.66. The Balaban J connectivity index is 2.11. The number of nitrogens with one attached hydrogen (secondary N) is 1. The summed E-state index contributed by atoms with van der Waals surface area (Å²) in [5, 5.41) is 12.6. The van der Waals surface area contributed by atoms with Crippen molar-refractivity contribution in [1.29, 1.82) is 0 Å². The first-order valence-corrected chi connectivity index (χ1v) is 8.37. The number of aromatic carboxylic acids is 1. The number of anilines is 1. The minimum atomic E-state index is -0.898. The van der Waals surface area contributed by atoms with Gasteiger partial charge in [0.05, 0.1) is 0 Å². The zero-order valence-electron chi connectivity index (χ0n) is 12.1. The van der Waals surface area contributed by atoms with Gasteiger partial charge in [0.15, 0.2) is 0 Å². The molecule has 1 heterocycles. The lowest BCUT2D eigenvalue weighted by atomic mass is 10.1. The SMILES string of the molecule is CCSCCC(C)Nc1nc2c(cc1C(=O)O)CCC2. The van der Waals surface area contributed by atoms with E-state index in [9.17, 15) is 9.90 Å². The molecule has 1 aromatic heterocycles.